The molecule has 1 heterocycles. The maximum Gasteiger partial charge on any atom is 0.244 e. The number of aromatic nitrogens is 1. The second kappa shape index (κ2) is 5.22. The molecule has 98 valence electrons. The summed E-state index contributed by atoms with van der Waals surface area (Å²) in [5.74, 6) is -0.0968. The van der Waals surface area contributed by atoms with Crippen LogP contribution in [0.4, 0.5) is 0 Å². The Morgan fingerprint density at radius 2 is 1.95 bits per heavy atom. The molecule has 19 heavy (non-hydrogen) atoms. The van der Waals surface area contributed by atoms with Gasteiger partial charge >= 0.3 is 0 Å². The predicted octanol–water partition coefficient (Wildman–Crippen LogP) is 3.16. The van der Waals surface area contributed by atoms with E-state index in [9.17, 15) is 4.79 Å². The molecule has 0 saturated heterocycles. The largest absolute Gasteiger partial charge is 0.348 e. The highest BCUT2D eigenvalue weighted by Gasteiger charge is 2.11. The summed E-state index contributed by atoms with van der Waals surface area (Å²) < 4.78 is 0. The van der Waals surface area contributed by atoms with Crippen LogP contribution < -0.4 is 5.32 Å². The van der Waals surface area contributed by atoms with Crippen molar-refractivity contribution in [3.8, 4) is 0 Å². The van der Waals surface area contributed by atoms with Gasteiger partial charge in [0.25, 0.3) is 0 Å². The Morgan fingerprint density at radius 3 is 2.68 bits per heavy atom. The Kier molecular flexibility index (Phi) is 3.65. The van der Waals surface area contributed by atoms with E-state index in [0.29, 0.717) is 0 Å². The van der Waals surface area contributed by atoms with Crippen LogP contribution in [-0.4, -0.2) is 16.4 Å². The second-order valence-corrected chi connectivity index (χ2v) is 5.49. The summed E-state index contributed by atoms with van der Waals surface area (Å²) in [5, 5.41) is 3.96. The van der Waals surface area contributed by atoms with Crippen LogP contribution in [0.15, 0.2) is 42.6 Å². The molecule has 2 rings (SSSR count). The van der Waals surface area contributed by atoms with Crippen LogP contribution in [0.25, 0.3) is 17.0 Å². The molecule has 0 aliphatic heterocycles. The summed E-state index contributed by atoms with van der Waals surface area (Å²) in [5.41, 5.74) is 1.63. The number of amides is 1. The molecule has 0 radical (unpaired) electrons. The summed E-state index contributed by atoms with van der Waals surface area (Å²) in [4.78, 5) is 16.1. The average Bonchev–Trinajstić information content (AvgIpc) is 2.34. The molecular formula is C16H18N2O. The molecule has 3 nitrogen and oxygen atoms in total. The van der Waals surface area contributed by atoms with E-state index >= 15 is 0 Å². The van der Waals surface area contributed by atoms with E-state index in [0.717, 1.165) is 16.5 Å². The number of nitrogens with one attached hydrogen (secondary N) is 1. The molecule has 0 unspecified atom stereocenters. The Morgan fingerprint density at radius 1 is 1.21 bits per heavy atom. The lowest BCUT2D eigenvalue weighted by atomic mass is 10.1. The molecule has 2 aromatic rings. The fraction of sp³-hybridized carbons (Fsp3) is 0.250. The van der Waals surface area contributed by atoms with Gasteiger partial charge in [0, 0.05) is 28.8 Å². The number of hydrogen-bond acceptors (Lipinski definition) is 2. The summed E-state index contributed by atoms with van der Waals surface area (Å²) in [6, 6.07) is 9.84. The minimum atomic E-state index is -0.224. The Labute approximate surface area is 113 Å². The predicted molar refractivity (Wildman–Crippen MR) is 78.7 cm³/mol. The maximum absolute atomic E-state index is 11.7. The molecule has 3 heteroatoms. The SMILES string of the molecule is CC(C)(C)NC(=O)/C=C/c1cccc2cccnc12. The van der Waals surface area contributed by atoms with E-state index < -0.39 is 0 Å². The molecule has 0 aliphatic carbocycles. The zero-order valence-corrected chi connectivity index (χ0v) is 11.5. The van der Waals surface area contributed by atoms with Gasteiger partial charge in [-0.15, -0.1) is 0 Å². The minimum Gasteiger partial charge on any atom is -0.348 e. The lowest BCUT2D eigenvalue weighted by Crippen LogP contribution is -2.39. The summed E-state index contributed by atoms with van der Waals surface area (Å²) in [6.45, 7) is 5.87. The Bertz CT molecular complexity index is 619. The number of carbonyl (C=O) groups excluding carboxylic acids is 1. The average molecular weight is 254 g/mol. The monoisotopic (exact) mass is 254 g/mol. The van der Waals surface area contributed by atoms with Gasteiger partial charge in [-0.2, -0.15) is 0 Å². The molecule has 0 bridgehead atoms. The van der Waals surface area contributed by atoms with Crippen LogP contribution in [0.3, 0.4) is 0 Å². The molecular weight excluding hydrogens is 236 g/mol. The number of hydrogen-bond donors (Lipinski definition) is 1. The van der Waals surface area contributed by atoms with Gasteiger partial charge in [-0.25, -0.2) is 0 Å². The van der Waals surface area contributed by atoms with Gasteiger partial charge in [0.15, 0.2) is 0 Å². The van der Waals surface area contributed by atoms with Crippen molar-refractivity contribution in [2.75, 3.05) is 0 Å². The first kappa shape index (κ1) is 13.3. The van der Waals surface area contributed by atoms with Crippen LogP contribution in [0.1, 0.15) is 26.3 Å². The lowest BCUT2D eigenvalue weighted by molar-refractivity contribution is -0.117. The number of benzene rings is 1. The van der Waals surface area contributed by atoms with Crippen molar-refractivity contribution in [3.63, 3.8) is 0 Å². The molecule has 0 atom stereocenters. The van der Waals surface area contributed by atoms with Gasteiger partial charge in [0.05, 0.1) is 5.52 Å². The van der Waals surface area contributed by atoms with Crippen molar-refractivity contribution in [2.24, 2.45) is 0 Å². The smallest absolute Gasteiger partial charge is 0.244 e. The van der Waals surface area contributed by atoms with Crippen molar-refractivity contribution < 1.29 is 4.79 Å². The van der Waals surface area contributed by atoms with Crippen LogP contribution in [0, 0.1) is 0 Å². The van der Waals surface area contributed by atoms with Gasteiger partial charge in [-0.1, -0.05) is 24.3 Å². The molecule has 0 saturated carbocycles. The lowest BCUT2D eigenvalue weighted by Gasteiger charge is -2.18. The normalized spacial score (nSPS) is 11.9. The van der Waals surface area contributed by atoms with Gasteiger partial charge in [-0.3, -0.25) is 9.78 Å². The summed E-state index contributed by atoms with van der Waals surface area (Å²) in [7, 11) is 0. The Balaban J connectivity index is 2.24. The van der Waals surface area contributed by atoms with Crippen molar-refractivity contribution in [1.82, 2.24) is 10.3 Å². The maximum atomic E-state index is 11.7. The highest BCUT2D eigenvalue weighted by Crippen LogP contribution is 2.17. The third-order valence-corrected chi connectivity index (χ3v) is 2.58. The topological polar surface area (TPSA) is 42.0 Å². The van der Waals surface area contributed by atoms with Crippen molar-refractivity contribution >= 4 is 22.9 Å². The second-order valence-electron chi connectivity index (χ2n) is 5.49. The molecule has 1 amide bonds. The third kappa shape index (κ3) is 3.65. The number of carbonyl (C=O) groups is 1. The first-order valence-corrected chi connectivity index (χ1v) is 6.30. The Hall–Kier alpha value is -2.16. The number of pyridine rings is 1. The number of rotatable bonds is 2. The van der Waals surface area contributed by atoms with Crippen LogP contribution in [-0.2, 0) is 4.79 Å². The highest BCUT2D eigenvalue weighted by molar-refractivity contribution is 5.95. The number of para-hydroxylation sites is 1. The van der Waals surface area contributed by atoms with E-state index in [2.05, 4.69) is 10.3 Å². The number of nitrogens with zero attached hydrogens (tertiary/aromatic N) is 1. The van der Waals surface area contributed by atoms with Gasteiger partial charge in [0.1, 0.15) is 0 Å². The van der Waals surface area contributed by atoms with Crippen LogP contribution >= 0.6 is 0 Å². The molecule has 1 aromatic carbocycles. The van der Waals surface area contributed by atoms with Gasteiger partial charge in [-0.05, 0) is 32.9 Å². The first-order valence-electron chi connectivity index (χ1n) is 6.30. The molecule has 0 fully saturated rings. The van der Waals surface area contributed by atoms with Gasteiger partial charge in [0.2, 0.25) is 5.91 Å². The summed E-state index contributed by atoms with van der Waals surface area (Å²) in [6.07, 6.45) is 5.11. The zero-order chi connectivity index (χ0) is 13.9. The van der Waals surface area contributed by atoms with Crippen molar-refractivity contribution in [3.05, 3.63) is 48.2 Å². The fourth-order valence-corrected chi connectivity index (χ4v) is 1.84. The standard InChI is InChI=1S/C16H18N2O/c1-16(2,3)18-14(19)10-9-13-7-4-6-12-8-5-11-17-15(12)13/h4-11H,1-3H3,(H,18,19)/b10-9+. The fourth-order valence-electron chi connectivity index (χ4n) is 1.84. The quantitative estimate of drug-likeness (QED) is 0.836. The van der Waals surface area contributed by atoms with Gasteiger partial charge < -0.3 is 5.32 Å². The molecule has 1 N–H and O–H groups in total. The van der Waals surface area contributed by atoms with E-state index in [-0.39, 0.29) is 11.4 Å². The first-order chi connectivity index (χ1) is 8.96. The van der Waals surface area contributed by atoms with Crippen LogP contribution in [0.2, 0.25) is 0 Å². The van der Waals surface area contributed by atoms with E-state index in [1.54, 1.807) is 18.3 Å². The van der Waals surface area contributed by atoms with Crippen molar-refractivity contribution in [2.45, 2.75) is 26.3 Å². The number of fused-ring (bicyclic) bond motifs is 1. The van der Waals surface area contributed by atoms with Crippen molar-refractivity contribution in [1.29, 1.82) is 0 Å². The third-order valence-electron chi connectivity index (χ3n) is 2.58. The minimum absolute atomic E-state index is 0.0968. The highest BCUT2D eigenvalue weighted by atomic mass is 16.1. The molecule has 1 aromatic heterocycles. The van der Waals surface area contributed by atoms with E-state index in [4.69, 9.17) is 0 Å². The van der Waals surface area contributed by atoms with E-state index in [1.807, 2.05) is 51.1 Å². The summed E-state index contributed by atoms with van der Waals surface area (Å²) >= 11 is 0. The molecule has 0 aliphatic rings. The zero-order valence-electron chi connectivity index (χ0n) is 11.5. The van der Waals surface area contributed by atoms with Crippen LogP contribution in [0.5, 0.6) is 0 Å². The van der Waals surface area contributed by atoms with E-state index in [1.165, 1.54) is 0 Å². The molecule has 0 spiro atoms.